The molecule has 0 saturated carbocycles. The van der Waals surface area contributed by atoms with E-state index in [0.29, 0.717) is 27.6 Å². The number of carbonyl (C=O) groups excluding carboxylic acids is 2. The standard InChI is InChI=1S/C26H20ClN3O6S/c1-35-24(31)15-28-23(25(32)29(26(28)37)20-9-7-19(27)8-10-20)14-17-5-11-22(12-6-17)36-16-18-3-2-4-21(13-18)30(33)34/h2-14H,15-16H2,1H3/b23-14-. The number of thiocarbonyl (C=S) groups is 1. The quantitative estimate of drug-likeness (QED) is 0.130. The molecule has 4 rings (SSSR count). The van der Waals surface area contributed by atoms with Gasteiger partial charge in [-0.2, -0.15) is 0 Å². The van der Waals surface area contributed by atoms with Gasteiger partial charge in [0.15, 0.2) is 5.11 Å². The zero-order chi connectivity index (χ0) is 26.5. The van der Waals surface area contributed by atoms with Crippen molar-refractivity contribution in [2.24, 2.45) is 0 Å². The van der Waals surface area contributed by atoms with E-state index in [9.17, 15) is 19.7 Å². The number of rotatable bonds is 8. The number of carbonyl (C=O) groups is 2. The summed E-state index contributed by atoms with van der Waals surface area (Å²) < 4.78 is 10.5. The topological polar surface area (TPSA) is 102 Å². The van der Waals surface area contributed by atoms with Crippen LogP contribution in [0.15, 0.2) is 78.5 Å². The SMILES string of the molecule is COC(=O)CN1C(=S)N(c2ccc(Cl)cc2)C(=O)/C1=C/c1ccc(OCc2cccc([N+](=O)[O-])c2)cc1. The molecular weight excluding hydrogens is 518 g/mol. The number of methoxy groups -OCH3 is 1. The second kappa shape index (κ2) is 11.2. The lowest BCUT2D eigenvalue weighted by Crippen LogP contribution is -2.35. The maximum absolute atomic E-state index is 13.4. The summed E-state index contributed by atoms with van der Waals surface area (Å²) in [5, 5.41) is 11.6. The number of benzene rings is 3. The van der Waals surface area contributed by atoms with Gasteiger partial charge in [0.1, 0.15) is 24.6 Å². The number of nitrogens with zero attached hydrogens (tertiary/aromatic N) is 3. The lowest BCUT2D eigenvalue weighted by molar-refractivity contribution is -0.384. The minimum Gasteiger partial charge on any atom is -0.489 e. The van der Waals surface area contributed by atoms with E-state index in [1.54, 1.807) is 66.7 Å². The Bertz CT molecular complexity index is 1390. The van der Waals surface area contributed by atoms with Gasteiger partial charge in [0, 0.05) is 17.2 Å². The molecule has 11 heteroatoms. The van der Waals surface area contributed by atoms with E-state index in [-0.39, 0.29) is 29.6 Å². The van der Waals surface area contributed by atoms with Crippen molar-refractivity contribution in [3.8, 4) is 5.75 Å². The number of nitro benzene ring substituents is 1. The summed E-state index contributed by atoms with van der Waals surface area (Å²) in [6.45, 7) is -0.0841. The van der Waals surface area contributed by atoms with Crippen molar-refractivity contribution < 1.29 is 24.0 Å². The van der Waals surface area contributed by atoms with Gasteiger partial charge in [-0.05, 0) is 65.8 Å². The van der Waals surface area contributed by atoms with Crippen LogP contribution in [0.2, 0.25) is 5.02 Å². The van der Waals surface area contributed by atoms with Crippen LogP contribution < -0.4 is 9.64 Å². The molecule has 9 nitrogen and oxygen atoms in total. The fourth-order valence-electron chi connectivity index (χ4n) is 3.59. The minimum absolute atomic E-state index is 0.00799. The summed E-state index contributed by atoms with van der Waals surface area (Å²) in [4.78, 5) is 38.7. The van der Waals surface area contributed by atoms with Crippen molar-refractivity contribution in [2.75, 3.05) is 18.6 Å². The van der Waals surface area contributed by atoms with E-state index in [1.165, 1.54) is 29.0 Å². The Hall–Kier alpha value is -4.28. The predicted molar refractivity (Wildman–Crippen MR) is 142 cm³/mol. The minimum atomic E-state index is -0.552. The number of ether oxygens (including phenoxy) is 2. The van der Waals surface area contributed by atoms with Crippen LogP contribution in [0.5, 0.6) is 5.75 Å². The van der Waals surface area contributed by atoms with Crippen LogP contribution >= 0.6 is 23.8 Å². The molecule has 1 fully saturated rings. The van der Waals surface area contributed by atoms with Crippen LogP contribution in [-0.4, -0.2) is 40.5 Å². The summed E-state index contributed by atoms with van der Waals surface area (Å²) in [6.07, 6.45) is 1.62. The van der Waals surface area contributed by atoms with Crippen molar-refractivity contribution in [1.29, 1.82) is 0 Å². The van der Waals surface area contributed by atoms with Gasteiger partial charge in [0.05, 0.1) is 17.7 Å². The van der Waals surface area contributed by atoms with Gasteiger partial charge in [-0.25, -0.2) is 0 Å². The van der Waals surface area contributed by atoms with E-state index in [0.717, 1.165) is 0 Å². The first kappa shape index (κ1) is 25.8. The Kier molecular flexibility index (Phi) is 7.80. The van der Waals surface area contributed by atoms with Crippen LogP contribution in [-0.2, 0) is 20.9 Å². The Morgan fingerprint density at radius 2 is 1.81 bits per heavy atom. The van der Waals surface area contributed by atoms with Crippen LogP contribution in [0, 0.1) is 10.1 Å². The first-order valence-corrected chi connectivity index (χ1v) is 11.7. The van der Waals surface area contributed by atoms with Crippen LogP contribution in [0.4, 0.5) is 11.4 Å². The highest BCUT2D eigenvalue weighted by Gasteiger charge is 2.40. The molecule has 37 heavy (non-hydrogen) atoms. The van der Waals surface area contributed by atoms with Gasteiger partial charge in [-0.1, -0.05) is 35.9 Å². The fourth-order valence-corrected chi connectivity index (χ4v) is 4.07. The van der Waals surface area contributed by atoms with Crippen molar-refractivity contribution >= 4 is 58.3 Å². The maximum Gasteiger partial charge on any atom is 0.325 e. The molecule has 1 saturated heterocycles. The fraction of sp³-hybridized carbons (Fsp3) is 0.115. The van der Waals surface area contributed by atoms with Crippen molar-refractivity contribution in [3.63, 3.8) is 0 Å². The molecule has 1 heterocycles. The number of non-ortho nitro benzene ring substituents is 1. The Morgan fingerprint density at radius 1 is 1.11 bits per heavy atom. The molecule has 0 atom stereocenters. The molecule has 0 unspecified atom stereocenters. The molecule has 0 N–H and O–H groups in total. The molecule has 3 aromatic rings. The van der Waals surface area contributed by atoms with Gasteiger partial charge >= 0.3 is 5.97 Å². The molecule has 0 aliphatic carbocycles. The summed E-state index contributed by atoms with van der Waals surface area (Å²) in [6, 6.07) is 19.7. The number of halogens is 1. The number of hydrogen-bond acceptors (Lipinski definition) is 7. The van der Waals surface area contributed by atoms with Gasteiger partial charge in [-0.15, -0.1) is 0 Å². The Labute approximate surface area is 222 Å². The Morgan fingerprint density at radius 3 is 2.46 bits per heavy atom. The highest BCUT2D eigenvalue weighted by molar-refractivity contribution is 7.80. The van der Waals surface area contributed by atoms with Gasteiger partial charge in [-0.3, -0.25) is 24.6 Å². The summed E-state index contributed by atoms with van der Waals surface area (Å²) in [5.41, 5.74) is 2.04. The van der Waals surface area contributed by atoms with Gasteiger partial charge < -0.3 is 14.4 Å². The second-order valence-electron chi connectivity index (χ2n) is 7.88. The molecule has 0 radical (unpaired) electrons. The van der Waals surface area contributed by atoms with Gasteiger partial charge in [0.25, 0.3) is 11.6 Å². The van der Waals surface area contributed by atoms with E-state index in [4.69, 9.17) is 33.3 Å². The third kappa shape index (κ3) is 5.93. The van der Waals surface area contributed by atoms with Crippen molar-refractivity contribution in [3.05, 3.63) is 105 Å². The summed E-state index contributed by atoms with van der Waals surface area (Å²) >= 11 is 11.5. The molecule has 3 aromatic carbocycles. The molecule has 0 aromatic heterocycles. The smallest absolute Gasteiger partial charge is 0.325 e. The first-order chi connectivity index (χ1) is 17.8. The maximum atomic E-state index is 13.4. The van der Waals surface area contributed by atoms with E-state index < -0.39 is 16.8 Å². The molecule has 188 valence electrons. The second-order valence-corrected chi connectivity index (χ2v) is 8.68. The molecule has 0 bridgehead atoms. The van der Waals surface area contributed by atoms with Gasteiger partial charge in [0.2, 0.25) is 0 Å². The zero-order valence-electron chi connectivity index (χ0n) is 19.5. The average molecular weight is 538 g/mol. The lowest BCUT2D eigenvalue weighted by atomic mass is 10.1. The Balaban J connectivity index is 1.55. The summed E-state index contributed by atoms with van der Waals surface area (Å²) in [5.74, 6) is -0.415. The highest BCUT2D eigenvalue weighted by Crippen LogP contribution is 2.30. The number of nitro groups is 1. The molecule has 1 aliphatic rings. The zero-order valence-corrected chi connectivity index (χ0v) is 21.1. The number of hydrogen-bond donors (Lipinski definition) is 0. The average Bonchev–Trinajstić information content (AvgIpc) is 3.12. The van der Waals surface area contributed by atoms with Crippen LogP contribution in [0.25, 0.3) is 6.08 Å². The molecular formula is C26H20ClN3O6S. The number of esters is 1. The van der Waals surface area contributed by atoms with E-state index in [1.807, 2.05) is 0 Å². The predicted octanol–water partition coefficient (Wildman–Crippen LogP) is 4.97. The third-order valence-corrected chi connectivity index (χ3v) is 6.10. The highest BCUT2D eigenvalue weighted by atomic mass is 35.5. The monoisotopic (exact) mass is 537 g/mol. The van der Waals surface area contributed by atoms with Crippen molar-refractivity contribution in [2.45, 2.75) is 6.61 Å². The largest absolute Gasteiger partial charge is 0.489 e. The normalized spacial score (nSPS) is 14.3. The molecule has 1 aliphatic heterocycles. The van der Waals surface area contributed by atoms with Crippen LogP contribution in [0.3, 0.4) is 0 Å². The van der Waals surface area contributed by atoms with Crippen LogP contribution in [0.1, 0.15) is 11.1 Å². The first-order valence-electron chi connectivity index (χ1n) is 10.9. The third-order valence-electron chi connectivity index (χ3n) is 5.45. The van der Waals surface area contributed by atoms with Crippen molar-refractivity contribution in [1.82, 2.24) is 4.90 Å². The lowest BCUT2D eigenvalue weighted by Gasteiger charge is -2.19. The molecule has 0 spiro atoms. The van der Waals surface area contributed by atoms with E-state index in [2.05, 4.69) is 0 Å². The summed E-state index contributed by atoms with van der Waals surface area (Å²) in [7, 11) is 1.26. The number of anilines is 1. The number of amides is 1. The molecule has 1 amide bonds. The van der Waals surface area contributed by atoms with E-state index >= 15 is 0 Å².